The third-order valence-corrected chi connectivity index (χ3v) is 3.12. The van der Waals surface area contributed by atoms with Gasteiger partial charge in [-0.15, -0.1) is 6.58 Å². The zero-order chi connectivity index (χ0) is 16.6. The molecular weight excluding hydrogens is 295 g/mol. The van der Waals surface area contributed by atoms with Crippen molar-refractivity contribution in [2.45, 2.75) is 38.0 Å². The molecule has 0 aliphatic carbocycles. The molecule has 3 nitrogen and oxygen atoms in total. The van der Waals surface area contributed by atoms with Crippen LogP contribution in [-0.2, 0) is 6.18 Å². The molecule has 1 rings (SSSR count). The number of unbranched alkanes of at least 4 members (excludes halogenated alkanes) is 2. The van der Waals surface area contributed by atoms with Crippen molar-refractivity contribution in [3.8, 4) is 5.75 Å². The number of halogens is 3. The Balaban J connectivity index is 2.59. The van der Waals surface area contributed by atoms with Crippen molar-refractivity contribution in [2.24, 2.45) is 0 Å². The Bertz CT molecular complexity index is 501. The lowest BCUT2D eigenvalue weighted by Gasteiger charge is -2.15. The van der Waals surface area contributed by atoms with Gasteiger partial charge in [-0.05, 0) is 37.5 Å². The Kier molecular flexibility index (Phi) is 7.11. The summed E-state index contributed by atoms with van der Waals surface area (Å²) in [4.78, 5) is 0. The molecule has 122 valence electrons. The fourth-order valence-corrected chi connectivity index (χ4v) is 1.94. The molecule has 0 fully saturated rings. The minimum atomic E-state index is -4.55. The van der Waals surface area contributed by atoms with E-state index >= 15 is 0 Å². The molecule has 0 saturated heterocycles. The normalized spacial score (nSPS) is 12.7. The average Bonchev–Trinajstić information content (AvgIpc) is 2.48. The molecule has 0 aliphatic heterocycles. The summed E-state index contributed by atoms with van der Waals surface area (Å²) in [6.45, 7) is 3.54. The van der Waals surface area contributed by atoms with Crippen LogP contribution in [0.5, 0.6) is 5.75 Å². The summed E-state index contributed by atoms with van der Waals surface area (Å²) in [6, 6.07) is 3.40. The van der Waals surface area contributed by atoms with Crippen molar-refractivity contribution in [1.29, 1.82) is 5.41 Å². The monoisotopic (exact) mass is 315 g/mol. The zero-order valence-corrected chi connectivity index (χ0v) is 12.2. The van der Waals surface area contributed by atoms with Crippen LogP contribution in [0.15, 0.2) is 30.9 Å². The fourth-order valence-electron chi connectivity index (χ4n) is 1.94. The third kappa shape index (κ3) is 5.89. The number of ether oxygens (including phenoxy) is 1. The zero-order valence-electron chi connectivity index (χ0n) is 12.2. The van der Waals surface area contributed by atoms with Gasteiger partial charge in [0.05, 0.1) is 11.7 Å². The predicted octanol–water partition coefficient (Wildman–Crippen LogP) is 4.19. The number of allylic oxidation sites excluding steroid dienone is 1. The molecule has 0 saturated carbocycles. The fraction of sp³-hybridized carbons (Fsp3) is 0.438. The Morgan fingerprint density at radius 3 is 2.64 bits per heavy atom. The predicted molar refractivity (Wildman–Crippen MR) is 79.5 cm³/mol. The van der Waals surface area contributed by atoms with Crippen LogP contribution in [0.4, 0.5) is 13.2 Å². The molecule has 1 aromatic rings. The summed E-state index contributed by atoms with van der Waals surface area (Å²) in [5.41, 5.74) is -1.13. The number of alkyl halides is 3. The van der Waals surface area contributed by atoms with Crippen LogP contribution in [0, 0.1) is 5.41 Å². The lowest BCUT2D eigenvalue weighted by atomic mass is 10.1. The van der Waals surface area contributed by atoms with E-state index in [9.17, 15) is 18.3 Å². The first-order valence-corrected chi connectivity index (χ1v) is 7.02. The number of rotatable bonds is 9. The minimum Gasteiger partial charge on any atom is -0.491 e. The summed E-state index contributed by atoms with van der Waals surface area (Å²) < 4.78 is 43.7. The molecule has 1 aromatic carbocycles. The molecule has 1 unspecified atom stereocenters. The van der Waals surface area contributed by atoms with Gasteiger partial charge in [-0.1, -0.05) is 12.5 Å². The third-order valence-electron chi connectivity index (χ3n) is 3.12. The van der Waals surface area contributed by atoms with E-state index in [0.717, 1.165) is 25.3 Å². The topological polar surface area (TPSA) is 53.3 Å². The van der Waals surface area contributed by atoms with Gasteiger partial charge >= 0.3 is 6.18 Å². The van der Waals surface area contributed by atoms with Gasteiger partial charge in [-0.25, -0.2) is 0 Å². The SMILES string of the molecule is C=CCCCCC(O)COc1ccc(C=N)c(C(F)(F)F)c1. The molecule has 22 heavy (non-hydrogen) atoms. The molecule has 2 N–H and O–H groups in total. The maximum atomic E-state index is 12.8. The van der Waals surface area contributed by atoms with E-state index in [1.54, 1.807) is 6.08 Å². The van der Waals surface area contributed by atoms with Crippen molar-refractivity contribution in [1.82, 2.24) is 0 Å². The Morgan fingerprint density at radius 2 is 2.05 bits per heavy atom. The quantitative estimate of drug-likeness (QED) is 0.408. The molecule has 0 aliphatic rings. The second-order valence-corrected chi connectivity index (χ2v) is 4.93. The summed E-state index contributed by atoms with van der Waals surface area (Å²) in [5.74, 6) is 0.0306. The van der Waals surface area contributed by atoms with Gasteiger partial charge in [-0.3, -0.25) is 0 Å². The first-order chi connectivity index (χ1) is 10.4. The van der Waals surface area contributed by atoms with E-state index in [2.05, 4.69) is 6.58 Å². The molecule has 0 aromatic heterocycles. The van der Waals surface area contributed by atoms with Crippen LogP contribution >= 0.6 is 0 Å². The highest BCUT2D eigenvalue weighted by atomic mass is 19.4. The largest absolute Gasteiger partial charge is 0.491 e. The number of aliphatic hydroxyl groups is 1. The van der Waals surface area contributed by atoms with Crippen molar-refractivity contribution in [3.05, 3.63) is 42.0 Å². The Hall–Kier alpha value is -1.82. The van der Waals surface area contributed by atoms with Crippen LogP contribution in [-0.4, -0.2) is 24.0 Å². The number of benzene rings is 1. The highest BCUT2D eigenvalue weighted by molar-refractivity contribution is 5.80. The highest BCUT2D eigenvalue weighted by Gasteiger charge is 2.33. The molecular formula is C16H20F3NO2. The standard InChI is InChI=1S/C16H20F3NO2/c1-2-3-4-5-6-13(21)11-22-14-8-7-12(10-20)15(9-14)16(17,18)19/h2,7-10,13,20-21H,1,3-6,11H2. The first-order valence-electron chi connectivity index (χ1n) is 7.02. The number of aliphatic hydroxyl groups excluding tert-OH is 1. The van der Waals surface area contributed by atoms with Gasteiger partial charge in [-0.2, -0.15) is 13.2 Å². The maximum Gasteiger partial charge on any atom is 0.417 e. The number of hydrogen-bond donors (Lipinski definition) is 2. The molecule has 1 atom stereocenters. The summed E-state index contributed by atoms with van der Waals surface area (Å²) in [6.07, 6.45) is 0.292. The van der Waals surface area contributed by atoms with Gasteiger partial charge in [0.25, 0.3) is 0 Å². The van der Waals surface area contributed by atoms with Crippen LogP contribution in [0.3, 0.4) is 0 Å². The second kappa shape index (κ2) is 8.58. The van der Waals surface area contributed by atoms with Crippen LogP contribution < -0.4 is 4.74 Å². The van der Waals surface area contributed by atoms with E-state index in [1.165, 1.54) is 12.1 Å². The van der Waals surface area contributed by atoms with Gasteiger partial charge < -0.3 is 15.3 Å². The molecule has 0 heterocycles. The van der Waals surface area contributed by atoms with Gasteiger partial charge in [0.2, 0.25) is 0 Å². The lowest BCUT2D eigenvalue weighted by Crippen LogP contribution is -2.18. The van der Waals surface area contributed by atoms with E-state index < -0.39 is 17.8 Å². The van der Waals surface area contributed by atoms with Crippen LogP contribution in [0.25, 0.3) is 0 Å². The number of hydrogen-bond acceptors (Lipinski definition) is 3. The second-order valence-electron chi connectivity index (χ2n) is 4.93. The first kappa shape index (κ1) is 18.2. The van der Waals surface area contributed by atoms with Crippen molar-refractivity contribution in [3.63, 3.8) is 0 Å². The Labute approximate surface area is 127 Å². The summed E-state index contributed by atoms with van der Waals surface area (Å²) in [5, 5.41) is 16.7. The van der Waals surface area contributed by atoms with Crippen LogP contribution in [0.1, 0.15) is 36.8 Å². The molecule has 0 spiro atoms. The molecule has 0 radical (unpaired) electrons. The lowest BCUT2D eigenvalue weighted by molar-refractivity contribution is -0.137. The minimum absolute atomic E-state index is 0.0306. The van der Waals surface area contributed by atoms with E-state index in [0.29, 0.717) is 12.6 Å². The van der Waals surface area contributed by atoms with Crippen LogP contribution in [0.2, 0.25) is 0 Å². The van der Waals surface area contributed by atoms with Crippen molar-refractivity contribution >= 4 is 6.21 Å². The van der Waals surface area contributed by atoms with Crippen molar-refractivity contribution < 1.29 is 23.0 Å². The Morgan fingerprint density at radius 1 is 1.32 bits per heavy atom. The van der Waals surface area contributed by atoms with Gasteiger partial charge in [0, 0.05) is 11.8 Å². The average molecular weight is 315 g/mol. The van der Waals surface area contributed by atoms with Crippen molar-refractivity contribution in [2.75, 3.05) is 6.61 Å². The van der Waals surface area contributed by atoms with Gasteiger partial charge in [0.1, 0.15) is 12.4 Å². The van der Waals surface area contributed by atoms with E-state index in [4.69, 9.17) is 10.1 Å². The van der Waals surface area contributed by atoms with E-state index in [-0.39, 0.29) is 17.9 Å². The molecule has 0 bridgehead atoms. The smallest absolute Gasteiger partial charge is 0.417 e. The summed E-state index contributed by atoms with van der Waals surface area (Å²) in [7, 11) is 0. The molecule has 6 heteroatoms. The van der Waals surface area contributed by atoms with Gasteiger partial charge in [0.15, 0.2) is 0 Å². The number of nitrogens with one attached hydrogen (secondary N) is 1. The molecule has 0 amide bonds. The summed E-state index contributed by atoms with van der Waals surface area (Å²) >= 11 is 0. The maximum absolute atomic E-state index is 12.8. The highest BCUT2D eigenvalue weighted by Crippen LogP contribution is 2.33. The van der Waals surface area contributed by atoms with E-state index in [1.807, 2.05) is 0 Å².